The van der Waals surface area contributed by atoms with Gasteiger partial charge in [-0.2, -0.15) is 0 Å². The lowest BCUT2D eigenvalue weighted by Crippen LogP contribution is -1.96. The Labute approximate surface area is 137 Å². The molecule has 1 heterocycles. The van der Waals surface area contributed by atoms with E-state index in [1.807, 2.05) is 6.07 Å². The van der Waals surface area contributed by atoms with E-state index in [0.717, 1.165) is 25.3 Å². The van der Waals surface area contributed by atoms with Crippen LogP contribution in [0, 0.1) is 11.6 Å². The Morgan fingerprint density at radius 3 is 2.33 bits per heavy atom. The third-order valence-electron chi connectivity index (χ3n) is 2.23. The minimum Gasteiger partial charge on any atom is -0.207 e. The highest BCUT2D eigenvalue weighted by atomic mass is 79.9. The van der Waals surface area contributed by atoms with Gasteiger partial charge in [-0.05, 0) is 50.1 Å². The van der Waals surface area contributed by atoms with Gasteiger partial charge in [0.2, 0.25) is 0 Å². The molecule has 1 aromatic carbocycles. The van der Waals surface area contributed by atoms with Crippen LogP contribution in [0.2, 0.25) is 5.02 Å². The topological polar surface area (TPSA) is 0 Å². The Kier molecular flexibility index (Phi) is 4.86. The molecule has 2 aromatic rings. The number of benzene rings is 1. The SMILES string of the molecule is Fc1cc(C(Br)c2cc(Br)c(Br)s2)c(F)cc1Cl. The highest BCUT2D eigenvalue weighted by Gasteiger charge is 2.20. The van der Waals surface area contributed by atoms with Crippen LogP contribution < -0.4 is 0 Å². The van der Waals surface area contributed by atoms with E-state index < -0.39 is 16.5 Å². The molecule has 1 atom stereocenters. The average Bonchev–Trinajstić information content (AvgIpc) is 2.63. The standard InChI is InChI=1S/C11H4Br3ClF2S/c12-5-2-9(18-11(5)14)10(13)4-1-8(17)6(15)3-7(4)16/h1-3,10H. The summed E-state index contributed by atoms with van der Waals surface area (Å²) in [6, 6.07) is 3.94. The summed E-state index contributed by atoms with van der Waals surface area (Å²) in [5.74, 6) is -1.17. The fourth-order valence-electron chi connectivity index (χ4n) is 1.37. The molecule has 18 heavy (non-hydrogen) atoms. The molecule has 0 spiro atoms. The summed E-state index contributed by atoms with van der Waals surface area (Å²) >= 11 is 17.0. The van der Waals surface area contributed by atoms with Crippen molar-refractivity contribution in [3.63, 3.8) is 0 Å². The number of rotatable bonds is 2. The van der Waals surface area contributed by atoms with Gasteiger partial charge in [0.25, 0.3) is 0 Å². The summed E-state index contributed by atoms with van der Waals surface area (Å²) < 4.78 is 28.9. The largest absolute Gasteiger partial charge is 0.207 e. The summed E-state index contributed by atoms with van der Waals surface area (Å²) in [6.07, 6.45) is 0. The molecule has 7 heteroatoms. The second-order valence-corrected chi connectivity index (χ2v) is 8.00. The number of thiophene rings is 1. The molecular weight excluding hydrogens is 477 g/mol. The third-order valence-corrected chi connectivity index (χ3v) is 7.13. The first-order valence-electron chi connectivity index (χ1n) is 4.63. The Balaban J connectivity index is 2.45. The quantitative estimate of drug-likeness (QED) is 0.331. The number of halogens is 6. The average molecular weight is 481 g/mol. The molecular formula is C11H4Br3ClF2S. The van der Waals surface area contributed by atoms with E-state index in [2.05, 4.69) is 47.8 Å². The van der Waals surface area contributed by atoms with Gasteiger partial charge in [-0.25, -0.2) is 8.78 Å². The molecule has 0 saturated heterocycles. The molecule has 0 amide bonds. The van der Waals surface area contributed by atoms with Gasteiger partial charge in [0.15, 0.2) is 0 Å². The summed E-state index contributed by atoms with van der Waals surface area (Å²) in [4.78, 5) is 0.436. The summed E-state index contributed by atoms with van der Waals surface area (Å²) in [5, 5.41) is -0.218. The maximum absolute atomic E-state index is 13.8. The van der Waals surface area contributed by atoms with Crippen molar-refractivity contribution in [2.24, 2.45) is 0 Å². The first kappa shape index (κ1) is 14.9. The van der Waals surface area contributed by atoms with Gasteiger partial charge in [-0.15, -0.1) is 11.3 Å². The van der Waals surface area contributed by atoms with Crippen LogP contribution in [0.1, 0.15) is 15.3 Å². The van der Waals surface area contributed by atoms with E-state index in [0.29, 0.717) is 0 Å². The van der Waals surface area contributed by atoms with Crippen molar-refractivity contribution in [1.82, 2.24) is 0 Å². The van der Waals surface area contributed by atoms with Crippen molar-refractivity contribution < 1.29 is 8.78 Å². The van der Waals surface area contributed by atoms with Crippen LogP contribution in [-0.2, 0) is 0 Å². The van der Waals surface area contributed by atoms with Crippen molar-refractivity contribution in [2.75, 3.05) is 0 Å². The molecule has 2 rings (SSSR count). The lowest BCUT2D eigenvalue weighted by molar-refractivity contribution is 0.589. The molecule has 1 aromatic heterocycles. The lowest BCUT2D eigenvalue weighted by Gasteiger charge is -2.10. The highest BCUT2D eigenvalue weighted by Crippen LogP contribution is 2.42. The molecule has 96 valence electrons. The van der Waals surface area contributed by atoms with Crippen LogP contribution >= 0.6 is 70.7 Å². The predicted octanol–water partition coefficient (Wildman–Crippen LogP) is 6.69. The molecule has 0 saturated carbocycles. The number of alkyl halides is 1. The van der Waals surface area contributed by atoms with Crippen molar-refractivity contribution >= 4 is 70.7 Å². The normalized spacial score (nSPS) is 12.8. The fourth-order valence-corrected chi connectivity index (χ4v) is 4.37. The van der Waals surface area contributed by atoms with E-state index in [9.17, 15) is 8.78 Å². The smallest absolute Gasteiger partial charge is 0.142 e. The van der Waals surface area contributed by atoms with Crippen molar-refractivity contribution in [2.45, 2.75) is 4.83 Å². The zero-order valence-corrected chi connectivity index (χ0v) is 14.8. The van der Waals surface area contributed by atoms with E-state index in [4.69, 9.17) is 11.6 Å². The lowest BCUT2D eigenvalue weighted by atomic mass is 10.1. The molecule has 0 aliphatic carbocycles. The first-order chi connectivity index (χ1) is 8.40. The Bertz CT molecular complexity index is 581. The summed E-state index contributed by atoms with van der Waals surface area (Å²) in [6.45, 7) is 0. The molecule has 0 aliphatic rings. The molecule has 0 aliphatic heterocycles. The van der Waals surface area contributed by atoms with E-state index in [1.165, 1.54) is 11.3 Å². The van der Waals surface area contributed by atoms with Crippen LogP contribution in [0.25, 0.3) is 0 Å². The summed E-state index contributed by atoms with van der Waals surface area (Å²) in [5.41, 5.74) is 0.221. The van der Waals surface area contributed by atoms with Crippen molar-refractivity contribution in [3.8, 4) is 0 Å². The van der Waals surface area contributed by atoms with E-state index in [1.54, 1.807) is 0 Å². The minimum atomic E-state index is -0.632. The van der Waals surface area contributed by atoms with Crippen LogP contribution in [0.5, 0.6) is 0 Å². The van der Waals surface area contributed by atoms with Gasteiger partial charge >= 0.3 is 0 Å². The molecule has 0 bridgehead atoms. The predicted molar refractivity (Wildman–Crippen MR) is 81.9 cm³/mol. The zero-order valence-electron chi connectivity index (χ0n) is 8.49. The minimum absolute atomic E-state index is 0.218. The number of hydrogen-bond donors (Lipinski definition) is 0. The van der Waals surface area contributed by atoms with Gasteiger partial charge < -0.3 is 0 Å². The second kappa shape index (κ2) is 5.87. The first-order valence-corrected chi connectivity index (χ1v) is 8.33. The zero-order chi connectivity index (χ0) is 13.4. The Morgan fingerprint density at radius 2 is 1.78 bits per heavy atom. The highest BCUT2D eigenvalue weighted by molar-refractivity contribution is 9.13. The van der Waals surface area contributed by atoms with Gasteiger partial charge in [-0.1, -0.05) is 27.5 Å². The molecule has 0 radical (unpaired) electrons. The van der Waals surface area contributed by atoms with Crippen molar-refractivity contribution in [3.05, 3.63) is 53.6 Å². The maximum Gasteiger partial charge on any atom is 0.142 e. The van der Waals surface area contributed by atoms with E-state index in [-0.39, 0.29) is 10.6 Å². The second-order valence-electron chi connectivity index (χ2n) is 3.42. The van der Waals surface area contributed by atoms with Gasteiger partial charge in [-0.3, -0.25) is 0 Å². The van der Waals surface area contributed by atoms with Crippen LogP contribution in [0.4, 0.5) is 8.78 Å². The Hall–Kier alpha value is 0.510. The molecule has 0 nitrogen and oxygen atoms in total. The molecule has 1 unspecified atom stereocenters. The molecule has 0 fully saturated rings. The van der Waals surface area contributed by atoms with Gasteiger partial charge in [0, 0.05) is 14.9 Å². The third kappa shape index (κ3) is 2.98. The van der Waals surface area contributed by atoms with E-state index >= 15 is 0 Å². The monoisotopic (exact) mass is 478 g/mol. The van der Waals surface area contributed by atoms with Crippen LogP contribution in [-0.4, -0.2) is 0 Å². The maximum atomic E-state index is 13.8. The van der Waals surface area contributed by atoms with Gasteiger partial charge in [0.1, 0.15) is 11.6 Å². The van der Waals surface area contributed by atoms with Gasteiger partial charge in [0.05, 0.1) is 13.6 Å². The fraction of sp³-hybridized carbons (Fsp3) is 0.0909. The van der Waals surface area contributed by atoms with Crippen LogP contribution in [0.15, 0.2) is 26.5 Å². The van der Waals surface area contributed by atoms with Crippen molar-refractivity contribution in [1.29, 1.82) is 0 Å². The molecule has 0 N–H and O–H groups in total. The number of hydrogen-bond acceptors (Lipinski definition) is 1. The van der Waals surface area contributed by atoms with Crippen LogP contribution in [0.3, 0.4) is 0 Å². The Morgan fingerprint density at radius 1 is 1.11 bits per heavy atom. The summed E-state index contributed by atoms with van der Waals surface area (Å²) in [7, 11) is 0.